The molecule has 1 aromatic heterocycles. The molecule has 9 heavy (non-hydrogen) atoms. The maximum atomic E-state index is 5.59. The SMILES string of the molecule is C[n+]1cccc(CCl)c1. The van der Waals surface area contributed by atoms with Crippen molar-refractivity contribution in [2.24, 2.45) is 7.05 Å². The van der Waals surface area contributed by atoms with Crippen molar-refractivity contribution in [3.63, 3.8) is 0 Å². The smallest absolute Gasteiger partial charge is 0.172 e. The summed E-state index contributed by atoms with van der Waals surface area (Å²) in [4.78, 5) is 0. The van der Waals surface area contributed by atoms with E-state index in [1.54, 1.807) is 0 Å². The molecular weight excluding hydrogens is 134 g/mol. The fourth-order valence-corrected chi connectivity index (χ4v) is 0.887. The lowest BCUT2D eigenvalue weighted by atomic mass is 10.3. The van der Waals surface area contributed by atoms with E-state index in [1.807, 2.05) is 36.1 Å². The van der Waals surface area contributed by atoms with Gasteiger partial charge in [-0.15, -0.1) is 11.6 Å². The summed E-state index contributed by atoms with van der Waals surface area (Å²) in [6.07, 6.45) is 3.99. The molecule has 0 unspecified atom stereocenters. The molecule has 0 amide bonds. The van der Waals surface area contributed by atoms with E-state index in [4.69, 9.17) is 11.6 Å². The summed E-state index contributed by atoms with van der Waals surface area (Å²) >= 11 is 5.59. The Bertz CT molecular complexity index is 198. The number of aromatic nitrogens is 1. The highest BCUT2D eigenvalue weighted by molar-refractivity contribution is 6.17. The Morgan fingerprint density at radius 1 is 1.67 bits per heavy atom. The number of halogens is 1. The van der Waals surface area contributed by atoms with E-state index in [2.05, 4.69) is 0 Å². The molecule has 0 radical (unpaired) electrons. The fraction of sp³-hybridized carbons (Fsp3) is 0.286. The second-order valence-electron chi connectivity index (χ2n) is 2.01. The summed E-state index contributed by atoms with van der Waals surface area (Å²) < 4.78 is 1.98. The lowest BCUT2D eigenvalue weighted by Crippen LogP contribution is -2.26. The van der Waals surface area contributed by atoms with E-state index < -0.39 is 0 Å². The number of nitrogens with zero attached hydrogens (tertiary/aromatic N) is 1. The van der Waals surface area contributed by atoms with Gasteiger partial charge in [-0.05, 0) is 6.07 Å². The molecule has 0 saturated carbocycles. The van der Waals surface area contributed by atoms with Gasteiger partial charge in [0.15, 0.2) is 12.4 Å². The van der Waals surface area contributed by atoms with Gasteiger partial charge < -0.3 is 0 Å². The van der Waals surface area contributed by atoms with Crippen LogP contribution in [0.4, 0.5) is 0 Å². The maximum Gasteiger partial charge on any atom is 0.172 e. The Balaban J connectivity index is 2.94. The van der Waals surface area contributed by atoms with Gasteiger partial charge in [0.1, 0.15) is 7.05 Å². The predicted molar refractivity (Wildman–Crippen MR) is 37.2 cm³/mol. The molecule has 1 heterocycles. The lowest BCUT2D eigenvalue weighted by molar-refractivity contribution is -0.671. The lowest BCUT2D eigenvalue weighted by Gasteiger charge is -1.89. The maximum absolute atomic E-state index is 5.59. The molecule has 1 rings (SSSR count). The second kappa shape index (κ2) is 2.83. The van der Waals surface area contributed by atoms with Crippen LogP contribution in [-0.4, -0.2) is 0 Å². The molecule has 48 valence electrons. The van der Waals surface area contributed by atoms with Gasteiger partial charge in [-0.1, -0.05) is 0 Å². The zero-order valence-corrected chi connectivity index (χ0v) is 6.10. The highest BCUT2D eigenvalue weighted by Gasteiger charge is 1.93. The summed E-state index contributed by atoms with van der Waals surface area (Å²) in [7, 11) is 1.98. The topological polar surface area (TPSA) is 3.88 Å². The van der Waals surface area contributed by atoms with E-state index in [9.17, 15) is 0 Å². The first-order chi connectivity index (χ1) is 4.33. The molecule has 0 saturated heterocycles. The van der Waals surface area contributed by atoms with Crippen LogP contribution in [0.1, 0.15) is 5.56 Å². The number of alkyl halides is 1. The van der Waals surface area contributed by atoms with Crippen LogP contribution >= 0.6 is 11.6 Å². The van der Waals surface area contributed by atoms with Crippen molar-refractivity contribution in [2.75, 3.05) is 0 Å². The van der Waals surface area contributed by atoms with Gasteiger partial charge >= 0.3 is 0 Å². The molecule has 0 aliphatic rings. The molecule has 0 spiro atoms. The van der Waals surface area contributed by atoms with Gasteiger partial charge in [0.25, 0.3) is 0 Å². The van der Waals surface area contributed by atoms with Crippen molar-refractivity contribution in [3.05, 3.63) is 30.1 Å². The van der Waals surface area contributed by atoms with Gasteiger partial charge in [0, 0.05) is 11.6 Å². The van der Waals surface area contributed by atoms with Crippen molar-refractivity contribution < 1.29 is 4.57 Å². The van der Waals surface area contributed by atoms with Crippen LogP contribution in [-0.2, 0) is 12.9 Å². The standard InChI is InChI=1S/C7H9ClN/c1-9-4-2-3-7(5-8)6-9/h2-4,6H,5H2,1H3/q+1. The Morgan fingerprint density at radius 3 is 2.89 bits per heavy atom. The van der Waals surface area contributed by atoms with Crippen LogP contribution in [0, 0.1) is 0 Å². The zero-order chi connectivity index (χ0) is 6.69. The van der Waals surface area contributed by atoms with Gasteiger partial charge in [-0.3, -0.25) is 0 Å². The molecule has 0 N–H and O–H groups in total. The van der Waals surface area contributed by atoms with Crippen LogP contribution in [0.2, 0.25) is 0 Å². The highest BCUT2D eigenvalue weighted by Crippen LogP contribution is 1.97. The van der Waals surface area contributed by atoms with Crippen molar-refractivity contribution in [1.82, 2.24) is 0 Å². The monoisotopic (exact) mass is 142 g/mol. The fourth-order valence-electron chi connectivity index (χ4n) is 0.729. The molecule has 0 bridgehead atoms. The molecular formula is C7H9ClN+. The number of aryl methyl sites for hydroxylation is 1. The summed E-state index contributed by atoms with van der Waals surface area (Å²) in [5, 5.41) is 0. The first kappa shape index (κ1) is 6.56. The van der Waals surface area contributed by atoms with Gasteiger partial charge in [0.2, 0.25) is 0 Å². The largest absolute Gasteiger partial charge is 0.207 e. The van der Waals surface area contributed by atoms with Gasteiger partial charge in [-0.25, -0.2) is 4.57 Å². The number of rotatable bonds is 1. The normalized spacial score (nSPS) is 9.56. The Hall–Kier alpha value is -0.560. The Labute approximate surface area is 59.9 Å². The van der Waals surface area contributed by atoms with Crippen LogP contribution in [0.3, 0.4) is 0 Å². The predicted octanol–water partition coefficient (Wildman–Crippen LogP) is 1.25. The van der Waals surface area contributed by atoms with E-state index in [0.717, 1.165) is 5.56 Å². The minimum Gasteiger partial charge on any atom is -0.207 e. The van der Waals surface area contributed by atoms with Gasteiger partial charge in [-0.2, -0.15) is 0 Å². The number of hydrogen-bond acceptors (Lipinski definition) is 0. The third-order valence-electron chi connectivity index (χ3n) is 1.16. The Morgan fingerprint density at radius 2 is 2.44 bits per heavy atom. The third-order valence-corrected chi connectivity index (χ3v) is 1.46. The van der Waals surface area contributed by atoms with Crippen molar-refractivity contribution >= 4 is 11.6 Å². The van der Waals surface area contributed by atoms with Gasteiger partial charge in [0.05, 0.1) is 5.88 Å². The van der Waals surface area contributed by atoms with Crippen molar-refractivity contribution in [3.8, 4) is 0 Å². The molecule has 0 aliphatic carbocycles. The molecule has 0 aliphatic heterocycles. The molecule has 0 aromatic carbocycles. The van der Waals surface area contributed by atoms with Crippen LogP contribution in [0.15, 0.2) is 24.5 Å². The van der Waals surface area contributed by atoms with Crippen LogP contribution in [0.25, 0.3) is 0 Å². The number of pyridine rings is 1. The average Bonchev–Trinajstić information content (AvgIpc) is 1.88. The van der Waals surface area contributed by atoms with E-state index in [-0.39, 0.29) is 0 Å². The quantitative estimate of drug-likeness (QED) is 0.411. The van der Waals surface area contributed by atoms with Crippen molar-refractivity contribution in [2.45, 2.75) is 5.88 Å². The molecule has 0 fully saturated rings. The van der Waals surface area contributed by atoms with Crippen LogP contribution < -0.4 is 4.57 Å². The Kier molecular flexibility index (Phi) is 2.06. The van der Waals surface area contributed by atoms with E-state index >= 15 is 0 Å². The highest BCUT2D eigenvalue weighted by atomic mass is 35.5. The summed E-state index contributed by atoms with van der Waals surface area (Å²) in [6.45, 7) is 0. The first-order valence-electron chi connectivity index (χ1n) is 2.83. The molecule has 2 heteroatoms. The van der Waals surface area contributed by atoms with E-state index in [0.29, 0.717) is 5.88 Å². The molecule has 0 atom stereocenters. The summed E-state index contributed by atoms with van der Waals surface area (Å²) in [6, 6.07) is 3.99. The first-order valence-corrected chi connectivity index (χ1v) is 3.36. The molecule has 1 aromatic rings. The summed E-state index contributed by atoms with van der Waals surface area (Å²) in [5.41, 5.74) is 1.15. The minimum absolute atomic E-state index is 0.592. The summed E-state index contributed by atoms with van der Waals surface area (Å²) in [5.74, 6) is 0.592. The minimum atomic E-state index is 0.592. The third kappa shape index (κ3) is 1.68. The van der Waals surface area contributed by atoms with E-state index in [1.165, 1.54) is 0 Å². The average molecular weight is 143 g/mol. The number of hydrogen-bond donors (Lipinski definition) is 0. The zero-order valence-electron chi connectivity index (χ0n) is 5.34. The second-order valence-corrected chi connectivity index (χ2v) is 2.28. The van der Waals surface area contributed by atoms with Crippen LogP contribution in [0.5, 0.6) is 0 Å². The molecule has 1 nitrogen and oxygen atoms in total. The van der Waals surface area contributed by atoms with Crippen molar-refractivity contribution in [1.29, 1.82) is 0 Å².